The highest BCUT2D eigenvalue weighted by atomic mass is 16.4. The van der Waals surface area contributed by atoms with Crippen LogP contribution in [0.5, 0.6) is 0 Å². The third-order valence-corrected chi connectivity index (χ3v) is 2.93. The molecule has 1 unspecified atom stereocenters. The first-order valence-electron chi connectivity index (χ1n) is 5.52. The average molecular weight is 213 g/mol. The Balaban J connectivity index is 2.43. The van der Waals surface area contributed by atoms with E-state index in [0.717, 1.165) is 13.0 Å². The Bertz CT molecular complexity index is 250. The van der Waals surface area contributed by atoms with Gasteiger partial charge in [-0.2, -0.15) is 0 Å². The van der Waals surface area contributed by atoms with Gasteiger partial charge in [-0.3, -0.25) is 9.59 Å². The molecule has 0 aromatic heterocycles. The SMILES string of the molecule is CC(C)N1CC(CCC(=O)O)CCC1=O. The number of aliphatic carboxylic acids is 1. The van der Waals surface area contributed by atoms with Gasteiger partial charge in [0.2, 0.25) is 5.91 Å². The molecule has 0 aromatic rings. The molecule has 86 valence electrons. The molecule has 0 aromatic carbocycles. The molecule has 1 N–H and O–H groups in total. The highest BCUT2D eigenvalue weighted by Gasteiger charge is 2.27. The van der Waals surface area contributed by atoms with E-state index in [1.807, 2.05) is 18.7 Å². The third-order valence-electron chi connectivity index (χ3n) is 2.93. The average Bonchev–Trinajstić information content (AvgIpc) is 2.16. The van der Waals surface area contributed by atoms with Gasteiger partial charge in [0.25, 0.3) is 0 Å². The minimum absolute atomic E-state index is 0.205. The zero-order valence-corrected chi connectivity index (χ0v) is 9.40. The van der Waals surface area contributed by atoms with Crippen molar-refractivity contribution in [1.82, 2.24) is 4.90 Å². The van der Waals surface area contributed by atoms with Crippen LogP contribution in [0.1, 0.15) is 39.5 Å². The van der Waals surface area contributed by atoms with Crippen molar-refractivity contribution in [1.29, 1.82) is 0 Å². The zero-order chi connectivity index (χ0) is 11.4. The van der Waals surface area contributed by atoms with Crippen LogP contribution in [-0.4, -0.2) is 34.5 Å². The van der Waals surface area contributed by atoms with Crippen LogP contribution in [0.4, 0.5) is 0 Å². The predicted octanol–water partition coefficient (Wildman–Crippen LogP) is 1.50. The second kappa shape index (κ2) is 5.14. The number of hydrogen-bond donors (Lipinski definition) is 1. The van der Waals surface area contributed by atoms with Crippen molar-refractivity contribution < 1.29 is 14.7 Å². The maximum atomic E-state index is 11.5. The summed E-state index contributed by atoms with van der Waals surface area (Å²) in [5, 5.41) is 8.59. The summed E-state index contributed by atoms with van der Waals surface area (Å²) in [7, 11) is 0. The van der Waals surface area contributed by atoms with Gasteiger partial charge in [-0.15, -0.1) is 0 Å². The molecule has 1 saturated heterocycles. The van der Waals surface area contributed by atoms with E-state index in [1.165, 1.54) is 0 Å². The van der Waals surface area contributed by atoms with E-state index >= 15 is 0 Å². The maximum absolute atomic E-state index is 11.5. The van der Waals surface area contributed by atoms with Crippen LogP contribution in [0.2, 0.25) is 0 Å². The topological polar surface area (TPSA) is 57.6 Å². The normalized spacial score (nSPS) is 22.2. The second-order valence-electron chi connectivity index (χ2n) is 4.48. The van der Waals surface area contributed by atoms with Crippen LogP contribution < -0.4 is 0 Å². The van der Waals surface area contributed by atoms with Crippen molar-refractivity contribution >= 4 is 11.9 Å². The van der Waals surface area contributed by atoms with Gasteiger partial charge in [0, 0.05) is 25.4 Å². The van der Waals surface area contributed by atoms with Crippen LogP contribution >= 0.6 is 0 Å². The number of rotatable bonds is 4. The molecule has 1 heterocycles. The van der Waals surface area contributed by atoms with Crippen LogP contribution in [-0.2, 0) is 9.59 Å². The van der Waals surface area contributed by atoms with Crippen LogP contribution in [0.15, 0.2) is 0 Å². The van der Waals surface area contributed by atoms with Gasteiger partial charge in [-0.1, -0.05) is 0 Å². The van der Waals surface area contributed by atoms with Crippen molar-refractivity contribution in [3.05, 3.63) is 0 Å². The Labute approximate surface area is 90.3 Å². The summed E-state index contributed by atoms with van der Waals surface area (Å²) in [4.78, 5) is 23.8. The summed E-state index contributed by atoms with van der Waals surface area (Å²) in [6, 6.07) is 0.227. The number of carboxylic acid groups (broad SMARTS) is 1. The molecule has 1 amide bonds. The van der Waals surface area contributed by atoms with E-state index in [9.17, 15) is 9.59 Å². The fourth-order valence-electron chi connectivity index (χ4n) is 2.00. The van der Waals surface area contributed by atoms with E-state index < -0.39 is 5.97 Å². The number of carbonyl (C=O) groups is 2. The van der Waals surface area contributed by atoms with E-state index in [4.69, 9.17) is 5.11 Å². The highest BCUT2D eigenvalue weighted by Crippen LogP contribution is 2.23. The lowest BCUT2D eigenvalue weighted by Crippen LogP contribution is -2.44. The third kappa shape index (κ3) is 3.53. The van der Waals surface area contributed by atoms with Gasteiger partial charge in [0.15, 0.2) is 0 Å². The number of amides is 1. The molecule has 0 spiro atoms. The molecular formula is C11H19NO3. The number of piperidine rings is 1. The smallest absolute Gasteiger partial charge is 0.303 e. The Kier molecular flexibility index (Phi) is 4.12. The summed E-state index contributed by atoms with van der Waals surface area (Å²) in [5.74, 6) is -0.180. The van der Waals surface area contributed by atoms with E-state index in [0.29, 0.717) is 18.8 Å². The zero-order valence-electron chi connectivity index (χ0n) is 9.40. The lowest BCUT2D eigenvalue weighted by Gasteiger charge is -2.35. The largest absolute Gasteiger partial charge is 0.481 e. The first-order valence-corrected chi connectivity index (χ1v) is 5.52. The monoisotopic (exact) mass is 213 g/mol. The minimum Gasteiger partial charge on any atom is -0.481 e. The summed E-state index contributed by atoms with van der Waals surface area (Å²) in [6.07, 6.45) is 2.31. The van der Waals surface area contributed by atoms with Crippen molar-refractivity contribution in [2.24, 2.45) is 5.92 Å². The Morgan fingerprint density at radius 1 is 1.60 bits per heavy atom. The fraction of sp³-hybridized carbons (Fsp3) is 0.818. The molecule has 0 radical (unpaired) electrons. The molecule has 0 aliphatic carbocycles. The maximum Gasteiger partial charge on any atom is 0.303 e. The van der Waals surface area contributed by atoms with E-state index in [2.05, 4.69) is 0 Å². The van der Waals surface area contributed by atoms with Gasteiger partial charge in [-0.05, 0) is 32.6 Å². The molecule has 0 bridgehead atoms. The predicted molar refractivity (Wildman–Crippen MR) is 56.4 cm³/mol. The summed E-state index contributed by atoms with van der Waals surface area (Å²) >= 11 is 0. The molecule has 1 fully saturated rings. The Morgan fingerprint density at radius 3 is 2.80 bits per heavy atom. The van der Waals surface area contributed by atoms with Crippen molar-refractivity contribution in [3.8, 4) is 0 Å². The van der Waals surface area contributed by atoms with Gasteiger partial charge in [-0.25, -0.2) is 0 Å². The summed E-state index contributed by atoms with van der Waals surface area (Å²) < 4.78 is 0. The van der Waals surface area contributed by atoms with E-state index in [-0.39, 0.29) is 18.4 Å². The molecule has 4 nitrogen and oxygen atoms in total. The Morgan fingerprint density at radius 2 is 2.27 bits per heavy atom. The van der Waals surface area contributed by atoms with Gasteiger partial charge < -0.3 is 10.0 Å². The van der Waals surface area contributed by atoms with Crippen LogP contribution in [0, 0.1) is 5.92 Å². The number of carboxylic acids is 1. The van der Waals surface area contributed by atoms with Gasteiger partial charge >= 0.3 is 5.97 Å². The van der Waals surface area contributed by atoms with Crippen molar-refractivity contribution in [2.45, 2.75) is 45.6 Å². The van der Waals surface area contributed by atoms with E-state index in [1.54, 1.807) is 0 Å². The van der Waals surface area contributed by atoms with Gasteiger partial charge in [0.05, 0.1) is 0 Å². The number of likely N-dealkylation sites (tertiary alicyclic amines) is 1. The number of nitrogens with zero attached hydrogens (tertiary/aromatic N) is 1. The van der Waals surface area contributed by atoms with Gasteiger partial charge in [0.1, 0.15) is 0 Å². The second-order valence-corrected chi connectivity index (χ2v) is 4.48. The molecule has 4 heteroatoms. The fourth-order valence-corrected chi connectivity index (χ4v) is 2.00. The molecule has 1 aliphatic rings. The minimum atomic E-state index is -0.747. The molecule has 0 saturated carbocycles. The lowest BCUT2D eigenvalue weighted by atomic mass is 9.92. The first-order chi connectivity index (χ1) is 7.00. The highest BCUT2D eigenvalue weighted by molar-refractivity contribution is 5.77. The molecule has 1 atom stereocenters. The van der Waals surface area contributed by atoms with Crippen molar-refractivity contribution in [2.75, 3.05) is 6.54 Å². The summed E-state index contributed by atoms with van der Waals surface area (Å²) in [5.41, 5.74) is 0. The van der Waals surface area contributed by atoms with Crippen LogP contribution in [0.25, 0.3) is 0 Å². The lowest BCUT2D eigenvalue weighted by molar-refractivity contribution is -0.138. The molecule has 1 aliphatic heterocycles. The first kappa shape index (κ1) is 12.0. The standard InChI is InChI=1S/C11H19NO3/c1-8(2)12-7-9(3-5-10(12)13)4-6-11(14)15/h8-9H,3-7H2,1-2H3,(H,14,15). The van der Waals surface area contributed by atoms with Crippen molar-refractivity contribution in [3.63, 3.8) is 0 Å². The quantitative estimate of drug-likeness (QED) is 0.769. The number of hydrogen-bond acceptors (Lipinski definition) is 2. The Hall–Kier alpha value is -1.06. The molecule has 1 rings (SSSR count). The molecular weight excluding hydrogens is 194 g/mol. The summed E-state index contributed by atoms with van der Waals surface area (Å²) in [6.45, 7) is 4.72. The van der Waals surface area contributed by atoms with Crippen LogP contribution in [0.3, 0.4) is 0 Å². The number of carbonyl (C=O) groups excluding carboxylic acids is 1. The molecule has 15 heavy (non-hydrogen) atoms.